The smallest absolute Gasteiger partial charge is 0.323 e. The predicted molar refractivity (Wildman–Crippen MR) is 157 cm³/mol. The maximum absolute atomic E-state index is 13.7. The molecule has 4 rings (SSSR count). The molecule has 10 heteroatoms. The predicted octanol–water partition coefficient (Wildman–Crippen LogP) is 7.44. The highest BCUT2D eigenvalue weighted by atomic mass is 35.5. The molecule has 224 valence electrons. The lowest BCUT2D eigenvalue weighted by atomic mass is 9.90. The van der Waals surface area contributed by atoms with Crippen molar-refractivity contribution >= 4 is 29.3 Å². The van der Waals surface area contributed by atoms with Crippen LogP contribution in [-0.4, -0.2) is 54.2 Å². The summed E-state index contributed by atoms with van der Waals surface area (Å²) in [4.78, 5) is 33.9. The van der Waals surface area contributed by atoms with Crippen LogP contribution in [0.25, 0.3) is 0 Å². The van der Waals surface area contributed by atoms with E-state index in [1.807, 2.05) is 37.3 Å². The van der Waals surface area contributed by atoms with Crippen molar-refractivity contribution < 1.29 is 27.6 Å². The number of nitrogens with zero attached hydrogens (tertiary/aromatic N) is 3. The standard InChI is InChI=1S/C32H35ClF3N3O3/c1-24-8-10-27(11-9-24)23-38(19-5-18-37-20-16-26(17-21-37)22-25-6-3-2-4-7-25)31(41)39(42-30(40)32(34,35)36)29-14-12-28(33)13-15-29/h2-4,6-15,26H,5,16-23H2,1H3. The van der Waals surface area contributed by atoms with Crippen LogP contribution in [0.1, 0.15) is 36.0 Å². The number of anilines is 1. The van der Waals surface area contributed by atoms with Crippen molar-refractivity contribution in [1.29, 1.82) is 0 Å². The maximum atomic E-state index is 13.7. The first-order valence-electron chi connectivity index (χ1n) is 14.0. The van der Waals surface area contributed by atoms with Gasteiger partial charge in [-0.25, -0.2) is 9.59 Å². The van der Waals surface area contributed by atoms with Crippen LogP contribution >= 0.6 is 11.6 Å². The summed E-state index contributed by atoms with van der Waals surface area (Å²) >= 11 is 5.94. The number of aryl methyl sites for hydroxylation is 1. The first kappa shape index (κ1) is 31.4. The Balaban J connectivity index is 1.43. The third kappa shape index (κ3) is 9.22. The second kappa shape index (κ2) is 14.6. The topological polar surface area (TPSA) is 53.1 Å². The van der Waals surface area contributed by atoms with Crippen LogP contribution in [-0.2, 0) is 22.6 Å². The molecule has 42 heavy (non-hydrogen) atoms. The third-order valence-electron chi connectivity index (χ3n) is 7.38. The Hall–Kier alpha value is -3.56. The SMILES string of the molecule is Cc1ccc(CN(CCCN2CCC(Cc3ccccc3)CC2)C(=O)N(OC(=O)C(F)(F)F)c2ccc(Cl)cc2)cc1. The minimum atomic E-state index is -5.28. The second-order valence-electron chi connectivity index (χ2n) is 10.7. The molecule has 3 aromatic carbocycles. The number of hydroxylamine groups is 1. The number of hydrogen-bond donors (Lipinski definition) is 0. The van der Waals surface area contributed by atoms with Crippen molar-refractivity contribution in [2.45, 2.75) is 45.3 Å². The van der Waals surface area contributed by atoms with Gasteiger partial charge in [0.05, 0.1) is 5.69 Å². The number of piperidine rings is 1. The van der Waals surface area contributed by atoms with E-state index in [1.165, 1.54) is 34.7 Å². The van der Waals surface area contributed by atoms with Gasteiger partial charge in [0.2, 0.25) is 0 Å². The summed E-state index contributed by atoms with van der Waals surface area (Å²) in [6, 6.07) is 22.6. The molecule has 0 bridgehead atoms. The second-order valence-corrected chi connectivity index (χ2v) is 11.1. The van der Waals surface area contributed by atoms with Crippen molar-refractivity contribution in [3.8, 4) is 0 Å². The monoisotopic (exact) mass is 601 g/mol. The number of carbonyl (C=O) groups is 2. The molecule has 1 saturated heterocycles. The molecule has 0 aliphatic carbocycles. The van der Waals surface area contributed by atoms with E-state index in [4.69, 9.17) is 11.6 Å². The molecular weight excluding hydrogens is 567 g/mol. The van der Waals surface area contributed by atoms with Gasteiger partial charge in [0, 0.05) is 18.1 Å². The molecule has 1 fully saturated rings. The van der Waals surface area contributed by atoms with Crippen LogP contribution in [0.2, 0.25) is 5.02 Å². The lowest BCUT2D eigenvalue weighted by Crippen LogP contribution is -2.47. The van der Waals surface area contributed by atoms with Gasteiger partial charge in [0.25, 0.3) is 0 Å². The van der Waals surface area contributed by atoms with Gasteiger partial charge in [-0.15, -0.1) is 5.06 Å². The number of likely N-dealkylation sites (tertiary alicyclic amines) is 1. The summed E-state index contributed by atoms with van der Waals surface area (Å²) in [7, 11) is 0. The van der Waals surface area contributed by atoms with E-state index in [-0.39, 0.29) is 18.8 Å². The number of benzene rings is 3. The zero-order valence-corrected chi connectivity index (χ0v) is 24.3. The molecule has 0 saturated carbocycles. The van der Waals surface area contributed by atoms with Gasteiger partial charge < -0.3 is 14.6 Å². The van der Waals surface area contributed by atoms with E-state index in [9.17, 15) is 22.8 Å². The average Bonchev–Trinajstić information content (AvgIpc) is 2.97. The minimum absolute atomic E-state index is 0.0450. The molecule has 1 heterocycles. The van der Waals surface area contributed by atoms with Gasteiger partial charge >= 0.3 is 18.2 Å². The molecule has 2 amide bonds. The van der Waals surface area contributed by atoms with Crippen LogP contribution in [0.15, 0.2) is 78.9 Å². The molecule has 0 radical (unpaired) electrons. The molecule has 0 atom stereocenters. The van der Waals surface area contributed by atoms with Crippen LogP contribution in [0.4, 0.5) is 23.7 Å². The van der Waals surface area contributed by atoms with E-state index in [2.05, 4.69) is 34.0 Å². The van der Waals surface area contributed by atoms with Crippen molar-refractivity contribution in [2.24, 2.45) is 5.92 Å². The van der Waals surface area contributed by atoms with E-state index < -0.39 is 18.2 Å². The summed E-state index contributed by atoms with van der Waals surface area (Å²) in [5.74, 6) is -1.86. The zero-order chi connectivity index (χ0) is 30.1. The zero-order valence-electron chi connectivity index (χ0n) is 23.5. The number of hydrogen-bond acceptors (Lipinski definition) is 4. The van der Waals surface area contributed by atoms with Gasteiger partial charge in [0.15, 0.2) is 0 Å². The van der Waals surface area contributed by atoms with Crippen LogP contribution in [0.5, 0.6) is 0 Å². The van der Waals surface area contributed by atoms with Crippen LogP contribution < -0.4 is 5.06 Å². The Morgan fingerprint density at radius 1 is 0.929 bits per heavy atom. The van der Waals surface area contributed by atoms with Crippen LogP contribution in [0, 0.1) is 12.8 Å². The lowest BCUT2D eigenvalue weighted by molar-refractivity contribution is -0.200. The fourth-order valence-corrected chi connectivity index (χ4v) is 5.17. The summed E-state index contributed by atoms with van der Waals surface area (Å²) in [6.45, 7) is 4.96. The van der Waals surface area contributed by atoms with Gasteiger partial charge in [0.1, 0.15) is 0 Å². The first-order valence-corrected chi connectivity index (χ1v) is 14.4. The largest absolute Gasteiger partial charge is 0.493 e. The fraction of sp³-hybridized carbons (Fsp3) is 0.375. The highest BCUT2D eigenvalue weighted by Gasteiger charge is 2.44. The van der Waals surface area contributed by atoms with Gasteiger partial charge in [-0.2, -0.15) is 13.2 Å². The Labute approximate surface area is 249 Å². The number of carbonyl (C=O) groups excluding carboxylic acids is 2. The maximum Gasteiger partial charge on any atom is 0.493 e. The fourth-order valence-electron chi connectivity index (χ4n) is 5.04. The Bertz CT molecular complexity index is 1300. The van der Waals surface area contributed by atoms with Crippen molar-refractivity contribution in [2.75, 3.05) is 31.2 Å². The van der Waals surface area contributed by atoms with Crippen molar-refractivity contribution in [1.82, 2.24) is 9.80 Å². The number of amides is 2. The lowest BCUT2D eigenvalue weighted by Gasteiger charge is -2.33. The van der Waals surface area contributed by atoms with Gasteiger partial charge in [-0.3, -0.25) is 0 Å². The van der Waals surface area contributed by atoms with Crippen molar-refractivity contribution in [3.63, 3.8) is 0 Å². The third-order valence-corrected chi connectivity index (χ3v) is 7.63. The molecule has 0 unspecified atom stereocenters. The average molecular weight is 602 g/mol. The molecule has 0 aromatic heterocycles. The van der Waals surface area contributed by atoms with Gasteiger partial charge in [-0.05, 0) is 93.6 Å². The molecular formula is C32H35ClF3N3O3. The Kier molecular flexibility index (Phi) is 10.9. The number of rotatable bonds is 9. The molecule has 6 nitrogen and oxygen atoms in total. The number of alkyl halides is 3. The Morgan fingerprint density at radius 2 is 1.57 bits per heavy atom. The minimum Gasteiger partial charge on any atom is -0.323 e. The van der Waals surface area contributed by atoms with E-state index in [1.54, 1.807) is 0 Å². The summed E-state index contributed by atoms with van der Waals surface area (Å²) in [5.41, 5.74) is 3.14. The quantitative estimate of drug-likeness (QED) is 0.239. The Morgan fingerprint density at radius 3 is 2.19 bits per heavy atom. The highest BCUT2D eigenvalue weighted by Crippen LogP contribution is 2.25. The number of urea groups is 1. The van der Waals surface area contributed by atoms with Gasteiger partial charge in [-0.1, -0.05) is 71.8 Å². The van der Waals surface area contributed by atoms with Crippen molar-refractivity contribution in [3.05, 3.63) is 101 Å². The number of halogens is 4. The normalized spacial score (nSPS) is 14.4. The summed E-state index contributed by atoms with van der Waals surface area (Å²) < 4.78 is 39.4. The molecule has 1 aliphatic heterocycles. The molecule has 0 spiro atoms. The molecule has 0 N–H and O–H groups in total. The summed E-state index contributed by atoms with van der Waals surface area (Å²) in [6.07, 6.45) is -1.45. The molecule has 3 aromatic rings. The highest BCUT2D eigenvalue weighted by molar-refractivity contribution is 6.30. The van der Waals surface area contributed by atoms with Crippen LogP contribution in [0.3, 0.4) is 0 Å². The summed E-state index contributed by atoms with van der Waals surface area (Å²) in [5, 5.41) is 0.715. The van der Waals surface area contributed by atoms with E-state index in [0.717, 1.165) is 50.0 Å². The van der Waals surface area contributed by atoms with E-state index in [0.29, 0.717) is 22.4 Å². The van der Waals surface area contributed by atoms with E-state index >= 15 is 0 Å². The first-order chi connectivity index (χ1) is 20.1. The molecule has 1 aliphatic rings.